The molecule has 1 aromatic heterocycles. The highest BCUT2D eigenvalue weighted by Crippen LogP contribution is 2.18. The number of nitrogens with zero attached hydrogens (tertiary/aromatic N) is 1. The number of carbonyl (C=O) groups is 1. The monoisotopic (exact) mass is 314 g/mol. The maximum absolute atomic E-state index is 13.6. The second-order valence-electron chi connectivity index (χ2n) is 3.21. The van der Waals surface area contributed by atoms with Crippen molar-refractivity contribution >= 4 is 33.2 Å². The highest BCUT2D eigenvalue weighted by atomic mass is 79.9. The van der Waals surface area contributed by atoms with Crippen LogP contribution in [0.3, 0.4) is 0 Å². The molecule has 0 aliphatic heterocycles. The van der Waals surface area contributed by atoms with Gasteiger partial charge in [0, 0.05) is 11.6 Å². The molecule has 0 saturated heterocycles. The molecule has 1 N–H and O–H groups in total. The van der Waals surface area contributed by atoms with E-state index in [-0.39, 0.29) is 10.0 Å². The zero-order valence-electron chi connectivity index (χ0n) is 8.61. The first-order valence-corrected chi connectivity index (χ1v) is 6.46. The van der Waals surface area contributed by atoms with E-state index < -0.39 is 11.7 Å². The van der Waals surface area contributed by atoms with Gasteiger partial charge in [-0.25, -0.2) is 9.37 Å². The van der Waals surface area contributed by atoms with Crippen molar-refractivity contribution in [3.8, 4) is 0 Å². The number of amides is 1. The van der Waals surface area contributed by atoms with E-state index in [0.29, 0.717) is 6.54 Å². The van der Waals surface area contributed by atoms with Crippen molar-refractivity contribution in [3.05, 3.63) is 50.6 Å². The van der Waals surface area contributed by atoms with Gasteiger partial charge in [0.05, 0.1) is 16.6 Å². The van der Waals surface area contributed by atoms with Gasteiger partial charge in [-0.15, -0.1) is 11.3 Å². The van der Waals surface area contributed by atoms with E-state index in [1.54, 1.807) is 18.3 Å². The standard InChI is InChI=1S/C11H8BrFN2OS/c12-8-3-1-2-7(10(8)13)11(16)15-6-9-14-4-5-17-9/h1-5H,6H2,(H,15,16). The van der Waals surface area contributed by atoms with Gasteiger partial charge in [0.25, 0.3) is 5.91 Å². The van der Waals surface area contributed by atoms with Crippen LogP contribution in [0, 0.1) is 5.82 Å². The van der Waals surface area contributed by atoms with Crippen molar-refractivity contribution in [2.24, 2.45) is 0 Å². The van der Waals surface area contributed by atoms with E-state index in [2.05, 4.69) is 26.2 Å². The molecule has 1 amide bonds. The molecule has 1 aromatic carbocycles. The number of carbonyl (C=O) groups excluding carboxylic acids is 1. The molecule has 3 nitrogen and oxygen atoms in total. The zero-order chi connectivity index (χ0) is 12.3. The minimum absolute atomic E-state index is 0.0240. The number of halogens is 2. The fourth-order valence-corrected chi connectivity index (χ4v) is 2.19. The first-order valence-electron chi connectivity index (χ1n) is 4.79. The average Bonchev–Trinajstić information content (AvgIpc) is 2.82. The summed E-state index contributed by atoms with van der Waals surface area (Å²) in [6.45, 7) is 0.308. The number of aromatic nitrogens is 1. The third-order valence-electron chi connectivity index (χ3n) is 2.08. The van der Waals surface area contributed by atoms with Gasteiger partial charge in [-0.3, -0.25) is 4.79 Å². The number of hydrogen-bond donors (Lipinski definition) is 1. The van der Waals surface area contributed by atoms with Crippen molar-refractivity contribution in [3.63, 3.8) is 0 Å². The lowest BCUT2D eigenvalue weighted by Gasteiger charge is -2.05. The number of rotatable bonds is 3. The molecule has 0 aliphatic carbocycles. The first-order chi connectivity index (χ1) is 8.18. The SMILES string of the molecule is O=C(NCc1nccs1)c1cccc(Br)c1F. The summed E-state index contributed by atoms with van der Waals surface area (Å²) in [4.78, 5) is 15.7. The highest BCUT2D eigenvalue weighted by molar-refractivity contribution is 9.10. The Morgan fingerprint density at radius 1 is 1.53 bits per heavy atom. The average molecular weight is 315 g/mol. The van der Waals surface area contributed by atoms with Gasteiger partial charge in [-0.05, 0) is 28.1 Å². The Kier molecular flexibility index (Phi) is 3.86. The molecule has 2 rings (SSSR count). The lowest BCUT2D eigenvalue weighted by Crippen LogP contribution is -2.23. The van der Waals surface area contributed by atoms with E-state index >= 15 is 0 Å². The molecule has 17 heavy (non-hydrogen) atoms. The zero-order valence-corrected chi connectivity index (χ0v) is 11.0. The summed E-state index contributed by atoms with van der Waals surface area (Å²) < 4.78 is 13.9. The summed E-state index contributed by atoms with van der Waals surface area (Å²) in [6.07, 6.45) is 1.66. The predicted molar refractivity (Wildman–Crippen MR) is 67.4 cm³/mol. The summed E-state index contributed by atoms with van der Waals surface area (Å²) >= 11 is 4.48. The normalized spacial score (nSPS) is 10.2. The molecule has 2 aromatic rings. The minimum Gasteiger partial charge on any atom is -0.345 e. The minimum atomic E-state index is -0.552. The molecular weight excluding hydrogens is 307 g/mol. The fraction of sp³-hybridized carbons (Fsp3) is 0.0909. The van der Waals surface area contributed by atoms with E-state index in [1.807, 2.05) is 5.38 Å². The lowest BCUT2D eigenvalue weighted by molar-refractivity contribution is 0.0946. The Labute approximate surface area is 110 Å². The highest BCUT2D eigenvalue weighted by Gasteiger charge is 2.13. The molecule has 0 radical (unpaired) electrons. The van der Waals surface area contributed by atoms with E-state index in [1.165, 1.54) is 17.4 Å². The quantitative estimate of drug-likeness (QED) is 0.946. The summed E-state index contributed by atoms with van der Waals surface area (Å²) in [5.41, 5.74) is 0.0240. The van der Waals surface area contributed by atoms with Crippen LogP contribution in [0.1, 0.15) is 15.4 Å². The van der Waals surface area contributed by atoms with Gasteiger partial charge in [-0.1, -0.05) is 6.07 Å². The number of hydrogen-bond acceptors (Lipinski definition) is 3. The first kappa shape index (κ1) is 12.2. The second-order valence-corrected chi connectivity index (χ2v) is 5.04. The van der Waals surface area contributed by atoms with Crippen molar-refractivity contribution in [1.82, 2.24) is 10.3 Å². The van der Waals surface area contributed by atoms with Crippen molar-refractivity contribution in [2.45, 2.75) is 6.54 Å². The Morgan fingerprint density at radius 3 is 3.06 bits per heavy atom. The van der Waals surface area contributed by atoms with E-state index in [4.69, 9.17) is 0 Å². The molecule has 6 heteroatoms. The summed E-state index contributed by atoms with van der Waals surface area (Å²) in [5.74, 6) is -0.997. The Bertz CT molecular complexity index is 530. The topological polar surface area (TPSA) is 42.0 Å². The van der Waals surface area contributed by atoms with Crippen LogP contribution in [0.15, 0.2) is 34.2 Å². The van der Waals surface area contributed by atoms with Crippen LogP contribution < -0.4 is 5.32 Å². The van der Waals surface area contributed by atoms with Crippen LogP contribution in [0.2, 0.25) is 0 Å². The Balaban J connectivity index is 2.07. The molecule has 88 valence electrons. The van der Waals surface area contributed by atoms with Gasteiger partial charge < -0.3 is 5.32 Å². The molecule has 0 fully saturated rings. The van der Waals surface area contributed by atoms with Gasteiger partial charge >= 0.3 is 0 Å². The summed E-state index contributed by atoms with van der Waals surface area (Å²) in [5, 5.41) is 5.22. The van der Waals surface area contributed by atoms with Crippen LogP contribution >= 0.6 is 27.3 Å². The predicted octanol–water partition coefficient (Wildman–Crippen LogP) is 2.97. The molecular formula is C11H8BrFN2OS. The summed E-state index contributed by atoms with van der Waals surface area (Å²) in [7, 11) is 0. The fourth-order valence-electron chi connectivity index (χ4n) is 1.27. The largest absolute Gasteiger partial charge is 0.345 e. The summed E-state index contributed by atoms with van der Waals surface area (Å²) in [6, 6.07) is 4.61. The van der Waals surface area contributed by atoms with Crippen LogP contribution in [-0.4, -0.2) is 10.9 Å². The number of thiazole rings is 1. The van der Waals surface area contributed by atoms with Crippen LogP contribution in [0.5, 0.6) is 0 Å². The third-order valence-corrected chi connectivity index (χ3v) is 3.47. The Morgan fingerprint density at radius 2 is 2.35 bits per heavy atom. The molecule has 0 atom stereocenters. The van der Waals surface area contributed by atoms with Gasteiger partial charge in [-0.2, -0.15) is 0 Å². The van der Waals surface area contributed by atoms with Gasteiger partial charge in [0.2, 0.25) is 0 Å². The van der Waals surface area contributed by atoms with Crippen molar-refractivity contribution in [1.29, 1.82) is 0 Å². The van der Waals surface area contributed by atoms with Crippen LogP contribution in [-0.2, 0) is 6.54 Å². The van der Waals surface area contributed by atoms with Crippen molar-refractivity contribution < 1.29 is 9.18 Å². The molecule has 1 heterocycles. The molecule has 0 aliphatic rings. The number of benzene rings is 1. The third kappa shape index (κ3) is 2.89. The lowest BCUT2D eigenvalue weighted by atomic mass is 10.2. The van der Waals surface area contributed by atoms with Gasteiger partial charge in [0.1, 0.15) is 10.8 Å². The molecule has 0 saturated carbocycles. The second kappa shape index (κ2) is 5.37. The van der Waals surface area contributed by atoms with Gasteiger partial charge in [0.15, 0.2) is 0 Å². The molecule has 0 spiro atoms. The van der Waals surface area contributed by atoms with Crippen LogP contribution in [0.25, 0.3) is 0 Å². The molecule has 0 bridgehead atoms. The maximum atomic E-state index is 13.6. The van der Waals surface area contributed by atoms with Crippen LogP contribution in [0.4, 0.5) is 4.39 Å². The Hall–Kier alpha value is -1.27. The van der Waals surface area contributed by atoms with Crippen molar-refractivity contribution in [2.75, 3.05) is 0 Å². The van der Waals surface area contributed by atoms with E-state index in [0.717, 1.165) is 5.01 Å². The maximum Gasteiger partial charge on any atom is 0.254 e. The smallest absolute Gasteiger partial charge is 0.254 e. The number of nitrogens with one attached hydrogen (secondary N) is 1. The molecule has 0 unspecified atom stereocenters. The van der Waals surface area contributed by atoms with E-state index in [9.17, 15) is 9.18 Å².